The maximum atomic E-state index is 12.3. The number of amides is 1. The molecule has 1 amide bonds. The smallest absolute Gasteiger partial charge is 0.270 e. The number of carbonyl (C=O) groups is 1. The lowest BCUT2D eigenvalue weighted by Gasteiger charge is -2.08. The molecule has 0 atom stereocenters. The van der Waals surface area contributed by atoms with Crippen LogP contribution in [-0.4, -0.2) is 17.4 Å². The zero-order valence-electron chi connectivity index (χ0n) is 12.2. The summed E-state index contributed by atoms with van der Waals surface area (Å²) in [4.78, 5) is 22.7. The summed E-state index contributed by atoms with van der Waals surface area (Å²) in [5.41, 5.74) is 1.85. The number of nitrogens with zero attached hydrogens (tertiary/aromatic N) is 1. The van der Waals surface area contributed by atoms with Crippen molar-refractivity contribution in [2.75, 3.05) is 6.54 Å². The molecule has 2 aromatic carbocycles. The number of hydrogen-bond acceptors (Lipinski definition) is 3. The Bertz CT molecular complexity index is 709. The van der Waals surface area contributed by atoms with Gasteiger partial charge in [0.25, 0.3) is 11.6 Å². The molecule has 0 saturated carbocycles. The van der Waals surface area contributed by atoms with Gasteiger partial charge in [-0.2, -0.15) is 0 Å². The highest BCUT2D eigenvalue weighted by molar-refractivity contribution is 6.24. The Morgan fingerprint density at radius 2 is 1.91 bits per heavy atom. The van der Waals surface area contributed by atoms with Crippen molar-refractivity contribution in [3.63, 3.8) is 0 Å². The van der Waals surface area contributed by atoms with E-state index in [0.717, 1.165) is 5.56 Å². The van der Waals surface area contributed by atoms with Crippen LogP contribution >= 0.6 is 0 Å². The molecule has 2 aromatic rings. The van der Waals surface area contributed by atoms with E-state index in [2.05, 4.69) is 5.32 Å². The molecule has 0 bridgehead atoms. The van der Waals surface area contributed by atoms with Crippen LogP contribution in [0.1, 0.15) is 18.1 Å². The van der Waals surface area contributed by atoms with E-state index in [1.54, 1.807) is 18.2 Å². The average molecular weight is 296 g/mol. The molecule has 0 aliphatic rings. The Labute approximate surface area is 128 Å². The molecule has 0 aliphatic heterocycles. The largest absolute Gasteiger partial charge is 0.352 e. The van der Waals surface area contributed by atoms with Crippen LogP contribution in [0, 0.1) is 10.1 Å². The molecule has 0 unspecified atom stereocenters. The number of benzene rings is 2. The standard InChI is InChI=1S/C17H16N2O3/c1-2-18-17(20)16(14-8-4-3-5-9-14)12-13-7-6-10-15(11-13)19(21)22/h3-12H,2H2,1H3,(H,18,20)/b16-12+. The predicted molar refractivity (Wildman–Crippen MR) is 86.1 cm³/mol. The fourth-order valence-corrected chi connectivity index (χ4v) is 2.05. The molecule has 0 spiro atoms. The van der Waals surface area contributed by atoms with Gasteiger partial charge in [0.1, 0.15) is 0 Å². The maximum absolute atomic E-state index is 12.3. The Hall–Kier alpha value is -2.95. The molecule has 0 saturated heterocycles. The van der Waals surface area contributed by atoms with E-state index in [1.165, 1.54) is 12.1 Å². The van der Waals surface area contributed by atoms with Crippen molar-refractivity contribution in [2.45, 2.75) is 6.92 Å². The number of carbonyl (C=O) groups excluding carboxylic acids is 1. The second kappa shape index (κ2) is 7.17. The van der Waals surface area contributed by atoms with Crippen molar-refractivity contribution >= 4 is 23.2 Å². The molecule has 112 valence electrons. The summed E-state index contributed by atoms with van der Waals surface area (Å²) in [5.74, 6) is -0.208. The van der Waals surface area contributed by atoms with E-state index in [4.69, 9.17) is 0 Å². The minimum absolute atomic E-state index is 0.00272. The normalized spacial score (nSPS) is 11.0. The molecule has 5 nitrogen and oxygen atoms in total. The van der Waals surface area contributed by atoms with Gasteiger partial charge in [-0.1, -0.05) is 42.5 Å². The zero-order chi connectivity index (χ0) is 15.9. The minimum atomic E-state index is -0.453. The van der Waals surface area contributed by atoms with Crippen LogP contribution in [0.25, 0.3) is 11.6 Å². The molecule has 1 N–H and O–H groups in total. The summed E-state index contributed by atoms with van der Waals surface area (Å²) in [6.45, 7) is 2.35. The molecule has 2 rings (SSSR count). The van der Waals surface area contributed by atoms with Gasteiger partial charge in [0, 0.05) is 24.3 Å². The quantitative estimate of drug-likeness (QED) is 0.398. The van der Waals surface area contributed by atoms with Crippen molar-refractivity contribution in [1.82, 2.24) is 5.32 Å². The Morgan fingerprint density at radius 3 is 2.55 bits per heavy atom. The SMILES string of the molecule is CCNC(=O)/C(=C/c1cccc([N+](=O)[O-])c1)c1ccccc1. The summed E-state index contributed by atoms with van der Waals surface area (Å²) in [7, 11) is 0. The number of rotatable bonds is 5. The topological polar surface area (TPSA) is 72.2 Å². The van der Waals surface area contributed by atoms with E-state index in [0.29, 0.717) is 17.7 Å². The van der Waals surface area contributed by atoms with Crippen LogP contribution < -0.4 is 5.32 Å². The van der Waals surface area contributed by atoms with Crippen molar-refractivity contribution in [1.29, 1.82) is 0 Å². The van der Waals surface area contributed by atoms with Gasteiger partial charge in [-0.15, -0.1) is 0 Å². The Morgan fingerprint density at radius 1 is 1.18 bits per heavy atom. The van der Waals surface area contributed by atoms with Gasteiger partial charge in [0.2, 0.25) is 0 Å². The molecule has 0 aliphatic carbocycles. The second-order valence-electron chi connectivity index (χ2n) is 4.64. The lowest BCUT2D eigenvalue weighted by Crippen LogP contribution is -2.23. The van der Waals surface area contributed by atoms with Crippen molar-refractivity contribution in [3.05, 3.63) is 75.8 Å². The van der Waals surface area contributed by atoms with Gasteiger partial charge in [-0.05, 0) is 24.1 Å². The molecule has 5 heteroatoms. The molecule has 0 aromatic heterocycles. The van der Waals surface area contributed by atoms with Crippen molar-refractivity contribution in [3.8, 4) is 0 Å². The number of likely N-dealkylation sites (N-methyl/N-ethyl adjacent to an activating group) is 1. The third-order valence-electron chi connectivity index (χ3n) is 3.06. The lowest BCUT2D eigenvalue weighted by molar-refractivity contribution is -0.384. The van der Waals surface area contributed by atoms with Gasteiger partial charge in [0.05, 0.1) is 4.92 Å². The molecular weight excluding hydrogens is 280 g/mol. The first-order valence-corrected chi connectivity index (χ1v) is 6.91. The Balaban J connectivity index is 2.46. The van der Waals surface area contributed by atoms with Gasteiger partial charge < -0.3 is 5.32 Å². The third kappa shape index (κ3) is 3.79. The lowest BCUT2D eigenvalue weighted by atomic mass is 10.0. The molecule has 22 heavy (non-hydrogen) atoms. The van der Waals surface area contributed by atoms with Crippen LogP contribution in [0.4, 0.5) is 5.69 Å². The highest BCUT2D eigenvalue weighted by atomic mass is 16.6. The number of hydrogen-bond donors (Lipinski definition) is 1. The van der Waals surface area contributed by atoms with Crippen LogP contribution in [0.3, 0.4) is 0 Å². The predicted octanol–water partition coefficient (Wildman–Crippen LogP) is 3.27. The third-order valence-corrected chi connectivity index (χ3v) is 3.06. The van der Waals surface area contributed by atoms with Crippen LogP contribution in [-0.2, 0) is 4.79 Å². The van der Waals surface area contributed by atoms with Gasteiger partial charge in [-0.25, -0.2) is 0 Å². The summed E-state index contributed by atoms with van der Waals surface area (Å²) < 4.78 is 0. The maximum Gasteiger partial charge on any atom is 0.270 e. The zero-order valence-corrected chi connectivity index (χ0v) is 12.2. The molecule has 0 radical (unpaired) electrons. The minimum Gasteiger partial charge on any atom is -0.352 e. The van der Waals surface area contributed by atoms with Gasteiger partial charge >= 0.3 is 0 Å². The first-order valence-electron chi connectivity index (χ1n) is 6.91. The second-order valence-corrected chi connectivity index (χ2v) is 4.64. The van der Waals surface area contributed by atoms with E-state index < -0.39 is 4.92 Å². The molecular formula is C17H16N2O3. The number of nitro benzene ring substituents is 1. The number of non-ortho nitro benzene ring substituents is 1. The van der Waals surface area contributed by atoms with E-state index in [9.17, 15) is 14.9 Å². The van der Waals surface area contributed by atoms with E-state index in [-0.39, 0.29) is 11.6 Å². The highest BCUT2D eigenvalue weighted by Gasteiger charge is 2.12. The van der Waals surface area contributed by atoms with Crippen molar-refractivity contribution in [2.24, 2.45) is 0 Å². The van der Waals surface area contributed by atoms with Gasteiger partial charge in [-0.3, -0.25) is 14.9 Å². The highest BCUT2D eigenvalue weighted by Crippen LogP contribution is 2.21. The van der Waals surface area contributed by atoms with Crippen LogP contribution in [0.2, 0.25) is 0 Å². The Kier molecular flexibility index (Phi) is 5.03. The summed E-state index contributed by atoms with van der Waals surface area (Å²) >= 11 is 0. The molecule has 0 fully saturated rings. The van der Waals surface area contributed by atoms with E-state index in [1.807, 2.05) is 37.3 Å². The summed E-state index contributed by atoms with van der Waals surface area (Å²) in [6.07, 6.45) is 1.66. The van der Waals surface area contributed by atoms with E-state index >= 15 is 0 Å². The summed E-state index contributed by atoms with van der Waals surface area (Å²) in [6, 6.07) is 15.4. The first-order chi connectivity index (χ1) is 10.6. The van der Waals surface area contributed by atoms with Crippen molar-refractivity contribution < 1.29 is 9.72 Å². The fraction of sp³-hybridized carbons (Fsp3) is 0.118. The van der Waals surface area contributed by atoms with Gasteiger partial charge in [0.15, 0.2) is 0 Å². The molecule has 0 heterocycles. The fourth-order valence-electron chi connectivity index (χ4n) is 2.05. The monoisotopic (exact) mass is 296 g/mol. The first kappa shape index (κ1) is 15.4. The van der Waals surface area contributed by atoms with Crippen LogP contribution in [0.15, 0.2) is 54.6 Å². The number of nitro groups is 1. The average Bonchev–Trinajstić information content (AvgIpc) is 2.54. The summed E-state index contributed by atoms with van der Waals surface area (Å²) in [5, 5.41) is 13.6. The van der Waals surface area contributed by atoms with Crippen LogP contribution in [0.5, 0.6) is 0 Å². The number of nitrogens with one attached hydrogen (secondary N) is 1.